The van der Waals surface area contributed by atoms with Crippen LogP contribution in [0.5, 0.6) is 0 Å². The van der Waals surface area contributed by atoms with Crippen molar-refractivity contribution < 1.29 is 27.2 Å². The average molecular weight is 431 g/mol. The van der Waals surface area contributed by atoms with E-state index in [0.29, 0.717) is 57.5 Å². The van der Waals surface area contributed by atoms with E-state index < -0.39 is 22.1 Å². The zero-order chi connectivity index (χ0) is 20.9. The molecular weight excluding hydrogens is 403 g/mol. The Morgan fingerprint density at radius 2 is 1.52 bits per heavy atom. The van der Waals surface area contributed by atoms with E-state index in [1.165, 1.54) is 32.9 Å². The summed E-state index contributed by atoms with van der Waals surface area (Å²) in [5.74, 6) is -0.392. The van der Waals surface area contributed by atoms with Crippen LogP contribution in [0.15, 0.2) is 24.3 Å². The van der Waals surface area contributed by atoms with Gasteiger partial charge in [0.25, 0.3) is 10.2 Å². The molecule has 2 fully saturated rings. The van der Waals surface area contributed by atoms with E-state index in [1.807, 2.05) is 0 Å². The molecule has 2 amide bonds. The maximum atomic E-state index is 12.9. The van der Waals surface area contributed by atoms with Gasteiger partial charge in [-0.15, -0.1) is 0 Å². The third-order valence-corrected chi connectivity index (χ3v) is 7.24. The third kappa shape index (κ3) is 5.86. The van der Waals surface area contributed by atoms with Crippen LogP contribution in [-0.2, 0) is 19.8 Å². The van der Waals surface area contributed by atoms with Crippen molar-refractivity contribution in [1.29, 1.82) is 0 Å². The molecule has 0 bridgehead atoms. The summed E-state index contributed by atoms with van der Waals surface area (Å²) in [7, 11) is -1.84. The van der Waals surface area contributed by atoms with E-state index in [1.54, 1.807) is 7.11 Å². The summed E-state index contributed by atoms with van der Waals surface area (Å²) >= 11 is 0. The first-order valence-electron chi connectivity index (χ1n) is 9.64. The van der Waals surface area contributed by atoms with E-state index in [9.17, 15) is 17.6 Å². The molecule has 29 heavy (non-hydrogen) atoms. The number of nitrogens with one attached hydrogen (secondary N) is 2. The minimum atomic E-state index is -3.49. The number of methoxy groups -OCH3 is 1. The molecular formula is C18H27FN4O5S. The monoisotopic (exact) mass is 430 g/mol. The van der Waals surface area contributed by atoms with Gasteiger partial charge in [-0.25, -0.2) is 14.7 Å². The number of nitrogens with zero attached hydrogens (tertiary/aromatic N) is 2. The second-order valence-corrected chi connectivity index (χ2v) is 9.05. The second-order valence-electron chi connectivity index (χ2n) is 7.12. The lowest BCUT2D eigenvalue weighted by Crippen LogP contribution is -2.51. The highest BCUT2D eigenvalue weighted by Crippen LogP contribution is 2.22. The summed E-state index contributed by atoms with van der Waals surface area (Å²) in [6.07, 6.45) is 2.19. The van der Waals surface area contributed by atoms with E-state index >= 15 is 0 Å². The first-order chi connectivity index (χ1) is 13.9. The molecule has 0 saturated carbocycles. The van der Waals surface area contributed by atoms with Crippen LogP contribution in [0.3, 0.4) is 0 Å². The number of carbonyl (C=O) groups is 1. The predicted molar refractivity (Wildman–Crippen MR) is 105 cm³/mol. The highest BCUT2D eigenvalue weighted by Gasteiger charge is 2.35. The van der Waals surface area contributed by atoms with Gasteiger partial charge in [-0.2, -0.15) is 17.0 Å². The zero-order valence-corrected chi connectivity index (χ0v) is 17.2. The SMILES string of the molecule is COC1CCN(S(=O)(=O)N2CCC(ONC(=O)Nc3ccc(F)cc3)CC2)CC1. The summed E-state index contributed by atoms with van der Waals surface area (Å²) in [4.78, 5) is 17.2. The fourth-order valence-corrected chi connectivity index (χ4v) is 5.14. The van der Waals surface area contributed by atoms with Crippen molar-refractivity contribution in [1.82, 2.24) is 14.1 Å². The van der Waals surface area contributed by atoms with Gasteiger partial charge in [0.2, 0.25) is 0 Å². The third-order valence-electron chi connectivity index (χ3n) is 5.21. The number of anilines is 1. The Kier molecular flexibility index (Phi) is 7.41. The number of piperidine rings is 2. The molecule has 0 radical (unpaired) electrons. The standard InChI is InChI=1S/C18H27FN4O5S/c1-27-16-6-10-22(11-7-16)29(25,26)23-12-8-17(9-13-23)28-21-18(24)20-15-4-2-14(19)3-5-15/h2-5,16-17H,6-13H2,1H3,(H2,20,21,24). The summed E-state index contributed by atoms with van der Waals surface area (Å²) in [5.41, 5.74) is 2.74. The highest BCUT2D eigenvalue weighted by molar-refractivity contribution is 7.86. The van der Waals surface area contributed by atoms with Gasteiger partial charge < -0.3 is 10.1 Å². The number of urea groups is 1. The van der Waals surface area contributed by atoms with Gasteiger partial charge in [0.05, 0.1) is 12.2 Å². The molecule has 2 saturated heterocycles. The van der Waals surface area contributed by atoms with Gasteiger partial charge in [-0.05, 0) is 49.9 Å². The van der Waals surface area contributed by atoms with E-state index in [2.05, 4.69) is 10.8 Å². The Morgan fingerprint density at radius 3 is 2.03 bits per heavy atom. The van der Waals surface area contributed by atoms with Crippen molar-refractivity contribution in [3.05, 3.63) is 30.1 Å². The smallest absolute Gasteiger partial charge is 0.343 e. The first-order valence-corrected chi connectivity index (χ1v) is 11.0. The molecule has 3 rings (SSSR count). The summed E-state index contributed by atoms with van der Waals surface area (Å²) in [6.45, 7) is 1.59. The molecule has 1 aromatic carbocycles. The van der Waals surface area contributed by atoms with Crippen LogP contribution in [0.4, 0.5) is 14.9 Å². The van der Waals surface area contributed by atoms with Crippen LogP contribution in [0.25, 0.3) is 0 Å². The molecule has 0 atom stereocenters. The molecule has 0 spiro atoms. The van der Waals surface area contributed by atoms with Crippen LogP contribution in [0.2, 0.25) is 0 Å². The molecule has 2 N–H and O–H groups in total. The normalized spacial score (nSPS) is 20.5. The number of benzene rings is 1. The molecule has 2 heterocycles. The molecule has 2 aliphatic heterocycles. The topological polar surface area (TPSA) is 100 Å². The quantitative estimate of drug-likeness (QED) is 0.669. The Balaban J connectivity index is 1.40. The molecule has 0 aromatic heterocycles. The van der Waals surface area contributed by atoms with Crippen LogP contribution >= 0.6 is 0 Å². The van der Waals surface area contributed by atoms with Crippen molar-refractivity contribution in [3.8, 4) is 0 Å². The fourth-order valence-electron chi connectivity index (χ4n) is 3.47. The number of hydrogen-bond acceptors (Lipinski definition) is 5. The summed E-state index contributed by atoms with van der Waals surface area (Å²) in [6, 6.07) is 4.78. The Labute approximate surface area is 170 Å². The van der Waals surface area contributed by atoms with Gasteiger partial charge >= 0.3 is 6.03 Å². The molecule has 9 nitrogen and oxygen atoms in total. The largest absolute Gasteiger partial charge is 0.381 e. The van der Waals surface area contributed by atoms with E-state index in [4.69, 9.17) is 9.57 Å². The maximum absolute atomic E-state index is 12.9. The van der Waals surface area contributed by atoms with Gasteiger partial charge in [0.1, 0.15) is 5.82 Å². The van der Waals surface area contributed by atoms with Gasteiger partial charge in [-0.3, -0.25) is 4.84 Å². The number of ether oxygens (including phenoxy) is 1. The lowest BCUT2D eigenvalue weighted by Gasteiger charge is -2.37. The lowest BCUT2D eigenvalue weighted by atomic mass is 10.1. The second kappa shape index (κ2) is 9.81. The van der Waals surface area contributed by atoms with Gasteiger partial charge in [-0.1, -0.05) is 0 Å². The minimum Gasteiger partial charge on any atom is -0.381 e. The van der Waals surface area contributed by atoms with Crippen molar-refractivity contribution in [2.45, 2.75) is 37.9 Å². The minimum absolute atomic E-state index is 0.118. The van der Waals surface area contributed by atoms with Crippen molar-refractivity contribution in [3.63, 3.8) is 0 Å². The number of hydrogen-bond donors (Lipinski definition) is 2. The Hall–Kier alpha value is -1.79. The van der Waals surface area contributed by atoms with Crippen LogP contribution in [0, 0.1) is 5.82 Å². The van der Waals surface area contributed by atoms with E-state index in [-0.39, 0.29) is 12.2 Å². The molecule has 2 aliphatic rings. The number of amides is 2. The Bertz CT molecular complexity index is 776. The van der Waals surface area contributed by atoms with Crippen LogP contribution < -0.4 is 10.8 Å². The Morgan fingerprint density at radius 1 is 1.00 bits per heavy atom. The van der Waals surface area contributed by atoms with Gasteiger partial charge in [0.15, 0.2) is 0 Å². The zero-order valence-electron chi connectivity index (χ0n) is 16.3. The van der Waals surface area contributed by atoms with Crippen LogP contribution in [0.1, 0.15) is 25.7 Å². The fraction of sp³-hybridized carbons (Fsp3) is 0.611. The summed E-state index contributed by atoms with van der Waals surface area (Å²) < 4.78 is 46.7. The maximum Gasteiger partial charge on any atom is 0.343 e. The number of halogens is 1. The van der Waals surface area contributed by atoms with E-state index in [0.717, 1.165) is 0 Å². The molecule has 0 aliphatic carbocycles. The highest BCUT2D eigenvalue weighted by atomic mass is 32.2. The molecule has 1 aromatic rings. The number of hydroxylamine groups is 1. The van der Waals surface area contributed by atoms with Crippen molar-refractivity contribution in [2.75, 3.05) is 38.6 Å². The molecule has 0 unspecified atom stereocenters. The first kappa shape index (κ1) is 21.9. The summed E-state index contributed by atoms with van der Waals surface area (Å²) in [5, 5.41) is 2.53. The molecule has 11 heteroatoms. The van der Waals surface area contributed by atoms with Gasteiger partial charge in [0, 0.05) is 39.0 Å². The number of rotatable bonds is 6. The average Bonchev–Trinajstić information content (AvgIpc) is 2.74. The van der Waals surface area contributed by atoms with Crippen LogP contribution in [-0.4, -0.2) is 68.6 Å². The van der Waals surface area contributed by atoms with Crippen molar-refractivity contribution >= 4 is 21.9 Å². The van der Waals surface area contributed by atoms with Crippen molar-refractivity contribution in [2.24, 2.45) is 0 Å². The predicted octanol–water partition coefficient (Wildman–Crippen LogP) is 1.70. The lowest BCUT2D eigenvalue weighted by molar-refractivity contribution is -0.0253. The number of carbonyl (C=O) groups excluding carboxylic acids is 1. The molecule has 162 valence electrons.